The van der Waals surface area contributed by atoms with E-state index in [1.165, 1.54) is 12.3 Å². The number of H-pyrrole nitrogens is 1. The Morgan fingerprint density at radius 2 is 1.97 bits per heavy atom. The van der Waals surface area contributed by atoms with Crippen molar-refractivity contribution in [1.29, 1.82) is 0 Å². The van der Waals surface area contributed by atoms with Crippen molar-refractivity contribution in [1.82, 2.24) is 25.8 Å². The van der Waals surface area contributed by atoms with Gasteiger partial charge in [-0.25, -0.2) is 4.98 Å². The molecule has 2 amide bonds. The molecule has 3 aromatic rings. The van der Waals surface area contributed by atoms with Gasteiger partial charge in [0.15, 0.2) is 5.69 Å². The van der Waals surface area contributed by atoms with Crippen LogP contribution in [0.3, 0.4) is 0 Å². The molecule has 1 aliphatic rings. The number of carbonyl (C=O) groups is 3. The second-order valence-electron chi connectivity index (χ2n) is 9.92. The van der Waals surface area contributed by atoms with Crippen LogP contribution >= 0.6 is 0 Å². The first-order chi connectivity index (χ1) is 18.2. The topological polar surface area (TPSA) is 135 Å². The van der Waals surface area contributed by atoms with Crippen LogP contribution in [0.4, 0.5) is 0 Å². The van der Waals surface area contributed by atoms with Crippen LogP contribution in [-0.2, 0) is 9.53 Å². The van der Waals surface area contributed by atoms with Gasteiger partial charge in [0.2, 0.25) is 5.88 Å². The Morgan fingerprint density at radius 3 is 2.67 bits per heavy atom. The van der Waals surface area contributed by atoms with Crippen LogP contribution in [0.5, 0.6) is 5.88 Å². The summed E-state index contributed by atoms with van der Waals surface area (Å²) in [6.07, 6.45) is 3.23. The second-order valence-corrected chi connectivity index (χ2v) is 9.92. The van der Waals surface area contributed by atoms with Crippen molar-refractivity contribution in [2.24, 2.45) is 0 Å². The molecule has 0 unspecified atom stereocenters. The molecule has 1 atom stereocenters. The number of ether oxygens (including phenoxy) is 2. The Hall–Kier alpha value is -3.95. The Balaban J connectivity index is 1.59. The summed E-state index contributed by atoms with van der Waals surface area (Å²) in [5.41, 5.74) is 1.25. The molecular weight excluding hydrogens is 462 g/mol. The maximum atomic E-state index is 13.2. The fourth-order valence-electron chi connectivity index (χ4n) is 3.69. The minimum Gasteiger partial charge on any atom is -0.480 e. The summed E-state index contributed by atoms with van der Waals surface area (Å²) in [5.74, 6) is -1.77. The zero-order chi connectivity index (χ0) is 28.5. The molecule has 2 heterocycles. The third kappa shape index (κ3) is 5.99. The van der Waals surface area contributed by atoms with Crippen molar-refractivity contribution in [3.05, 3.63) is 41.7 Å². The van der Waals surface area contributed by atoms with Crippen LogP contribution in [-0.4, -0.2) is 57.7 Å². The SMILES string of the molecule is [2H]C([2H])([2H])Oc1ncc(-c2ccc3c(C(=O)NC4CC4)n[nH]c3c2)cc1C(=O)N[C@@H](C)CC(=O)OC(C)(C)C. The van der Waals surface area contributed by atoms with Crippen molar-refractivity contribution in [3.63, 3.8) is 0 Å². The molecule has 1 saturated carbocycles. The van der Waals surface area contributed by atoms with Gasteiger partial charge < -0.3 is 20.1 Å². The normalized spacial score (nSPS) is 15.8. The number of pyridine rings is 1. The first kappa shape index (κ1) is 21.3. The van der Waals surface area contributed by atoms with Crippen LogP contribution in [0.2, 0.25) is 0 Å². The van der Waals surface area contributed by atoms with Crippen molar-refractivity contribution in [2.45, 2.75) is 64.6 Å². The van der Waals surface area contributed by atoms with Crippen LogP contribution in [0.1, 0.15) is 71.9 Å². The standard InChI is InChI=1S/C26H31N5O5/c1-14(10-21(32)36-26(2,3)4)28-23(33)19-11-16(13-27-25(19)35-5)15-6-9-18-20(12-15)30-31-22(18)24(34)29-17-7-8-17/h6,9,11-14,17H,7-8,10H2,1-5H3,(H,28,33)(H,29,34)(H,30,31)/t14-/m0/s1/i5D3. The number of methoxy groups -OCH3 is 1. The van der Waals surface area contributed by atoms with E-state index in [1.54, 1.807) is 45.9 Å². The first-order valence-electron chi connectivity index (χ1n) is 13.2. The maximum Gasteiger partial charge on any atom is 0.308 e. The van der Waals surface area contributed by atoms with Crippen LogP contribution in [0, 0.1) is 0 Å². The third-order valence-electron chi connectivity index (χ3n) is 5.49. The van der Waals surface area contributed by atoms with E-state index in [0.717, 1.165) is 12.8 Å². The highest BCUT2D eigenvalue weighted by atomic mass is 16.6. The van der Waals surface area contributed by atoms with Crippen molar-refractivity contribution in [3.8, 4) is 17.0 Å². The van der Waals surface area contributed by atoms with Gasteiger partial charge in [0.05, 0.1) is 23.1 Å². The Kier molecular flexibility index (Phi) is 5.91. The van der Waals surface area contributed by atoms with E-state index in [-0.39, 0.29) is 29.8 Å². The molecule has 2 aromatic heterocycles. The minimum atomic E-state index is -2.84. The van der Waals surface area contributed by atoms with E-state index in [4.69, 9.17) is 13.6 Å². The molecule has 3 N–H and O–H groups in total. The highest BCUT2D eigenvalue weighted by Crippen LogP contribution is 2.28. The van der Waals surface area contributed by atoms with Gasteiger partial charge in [-0.1, -0.05) is 6.07 Å². The van der Waals surface area contributed by atoms with Crippen LogP contribution in [0.15, 0.2) is 30.5 Å². The van der Waals surface area contributed by atoms with E-state index in [9.17, 15) is 14.4 Å². The number of hydrogen-bond donors (Lipinski definition) is 3. The molecule has 0 saturated heterocycles. The molecule has 1 aliphatic carbocycles. The summed E-state index contributed by atoms with van der Waals surface area (Å²) >= 11 is 0. The summed E-state index contributed by atoms with van der Waals surface area (Å²) in [7, 11) is -2.84. The largest absolute Gasteiger partial charge is 0.480 e. The van der Waals surface area contributed by atoms with Gasteiger partial charge in [-0.15, -0.1) is 0 Å². The lowest BCUT2D eigenvalue weighted by atomic mass is 10.0. The maximum absolute atomic E-state index is 13.2. The fraction of sp³-hybridized carbons (Fsp3) is 0.423. The average molecular weight is 497 g/mol. The molecule has 10 heteroatoms. The van der Waals surface area contributed by atoms with Gasteiger partial charge >= 0.3 is 5.97 Å². The number of nitrogens with zero attached hydrogens (tertiary/aromatic N) is 2. The molecule has 10 nitrogen and oxygen atoms in total. The lowest BCUT2D eigenvalue weighted by Crippen LogP contribution is -2.36. The zero-order valence-corrected chi connectivity index (χ0v) is 20.6. The van der Waals surface area contributed by atoms with E-state index in [2.05, 4.69) is 25.8 Å². The molecule has 0 bridgehead atoms. The van der Waals surface area contributed by atoms with Gasteiger partial charge in [0.25, 0.3) is 11.8 Å². The van der Waals surface area contributed by atoms with Gasteiger partial charge in [0.1, 0.15) is 11.2 Å². The number of nitrogens with one attached hydrogen (secondary N) is 3. The monoisotopic (exact) mass is 496 g/mol. The van der Waals surface area contributed by atoms with Crippen molar-refractivity contribution >= 4 is 28.7 Å². The highest BCUT2D eigenvalue weighted by molar-refractivity contribution is 6.05. The van der Waals surface area contributed by atoms with Crippen LogP contribution < -0.4 is 15.4 Å². The molecule has 4 rings (SSSR count). The predicted octanol–water partition coefficient (Wildman–Crippen LogP) is 3.38. The summed E-state index contributed by atoms with van der Waals surface area (Å²) in [6.45, 7) is 6.86. The van der Waals surface area contributed by atoms with Crippen LogP contribution in [0.25, 0.3) is 22.0 Å². The number of hydrogen-bond acceptors (Lipinski definition) is 7. The molecule has 0 spiro atoms. The molecule has 0 radical (unpaired) electrons. The average Bonchev–Trinajstić information content (AvgIpc) is 3.51. The van der Waals surface area contributed by atoms with Gasteiger partial charge in [-0.2, -0.15) is 5.10 Å². The Labute approximate surface area is 213 Å². The number of rotatable bonds is 8. The number of esters is 1. The second kappa shape index (κ2) is 9.96. The minimum absolute atomic E-state index is 0.0846. The first-order valence-corrected chi connectivity index (χ1v) is 11.7. The fourth-order valence-corrected chi connectivity index (χ4v) is 3.69. The van der Waals surface area contributed by atoms with Gasteiger partial charge in [-0.05, 0) is 64.3 Å². The Morgan fingerprint density at radius 1 is 1.19 bits per heavy atom. The smallest absolute Gasteiger partial charge is 0.308 e. The summed E-state index contributed by atoms with van der Waals surface area (Å²) in [6, 6.07) is 6.29. The van der Waals surface area contributed by atoms with E-state index in [1.807, 2.05) is 0 Å². The summed E-state index contributed by atoms with van der Waals surface area (Å²) < 4.78 is 32.6. The summed E-state index contributed by atoms with van der Waals surface area (Å²) in [5, 5.41) is 13.2. The molecule has 1 fully saturated rings. The van der Waals surface area contributed by atoms with E-state index >= 15 is 0 Å². The number of amides is 2. The van der Waals surface area contributed by atoms with E-state index < -0.39 is 30.6 Å². The predicted molar refractivity (Wildman–Crippen MR) is 134 cm³/mol. The zero-order valence-electron chi connectivity index (χ0n) is 23.6. The number of aromatic nitrogens is 3. The van der Waals surface area contributed by atoms with Gasteiger partial charge in [0, 0.05) is 29.2 Å². The van der Waals surface area contributed by atoms with Crippen molar-refractivity contribution < 1.29 is 28.0 Å². The number of benzene rings is 1. The molecule has 190 valence electrons. The Bertz CT molecular complexity index is 1410. The number of carbonyl (C=O) groups excluding carboxylic acids is 3. The van der Waals surface area contributed by atoms with E-state index in [0.29, 0.717) is 27.7 Å². The lowest BCUT2D eigenvalue weighted by Gasteiger charge is -2.21. The third-order valence-corrected chi connectivity index (χ3v) is 5.49. The van der Waals surface area contributed by atoms with Gasteiger partial charge in [-0.3, -0.25) is 19.5 Å². The molecular formula is C26H31N5O5. The van der Waals surface area contributed by atoms with Crippen molar-refractivity contribution in [2.75, 3.05) is 7.04 Å². The quantitative estimate of drug-likeness (QED) is 0.407. The lowest BCUT2D eigenvalue weighted by molar-refractivity contribution is -0.155. The molecule has 36 heavy (non-hydrogen) atoms. The highest BCUT2D eigenvalue weighted by Gasteiger charge is 2.26. The number of aromatic amines is 1. The molecule has 1 aromatic carbocycles. The number of fused-ring (bicyclic) bond motifs is 1. The summed E-state index contributed by atoms with van der Waals surface area (Å²) in [4.78, 5) is 41.9. The molecule has 0 aliphatic heterocycles.